The standard InChI is InChI=1S/C67H117N2O6P/c1-6-8-10-12-14-16-18-20-22-24-26-28-30-32-34-36-38-40-42-44-46-48-50-52-54-56-58-60-66(70)65(64-75-76(72,73)74-63-62-69(3,4)5)68-67(71)61-59-57-55-53-51-49-47-45-43-41-39-37-35-33-31-29-27-25-23-21-19-17-15-13-11-9-7-2/h9,11,15,17,21,23,27,29,33,35,39,41,45,47,50-53,58,60,65-66,70H,6-8,10,12-14,16,18-20,22,24-26,28,30-32,34,36-38,40,42-44,46,48-49,54-57,59,61-64H2,1-5H3,(H-,68,71,72,73)/b11-9-,17-15-,23-21-,29-27-,35-33-,41-39-,47-45-,52-50+,53-51-,60-58+. The van der Waals surface area contributed by atoms with Crippen molar-refractivity contribution in [2.45, 2.75) is 257 Å². The van der Waals surface area contributed by atoms with E-state index in [-0.39, 0.29) is 18.9 Å². The third kappa shape index (κ3) is 58.6. The predicted octanol–water partition coefficient (Wildman–Crippen LogP) is 18.7. The highest BCUT2D eigenvalue weighted by Gasteiger charge is 2.23. The molecule has 0 radical (unpaired) electrons. The molecule has 436 valence electrons. The second kappa shape index (κ2) is 56.6. The zero-order valence-corrected chi connectivity index (χ0v) is 50.6. The van der Waals surface area contributed by atoms with Gasteiger partial charge in [0.2, 0.25) is 5.91 Å². The summed E-state index contributed by atoms with van der Waals surface area (Å²) < 4.78 is 23.3. The molecule has 0 bridgehead atoms. The minimum atomic E-state index is -4.63. The topological polar surface area (TPSA) is 108 Å². The number of aliphatic hydroxyl groups excluding tert-OH is 1. The Morgan fingerprint density at radius 2 is 0.816 bits per heavy atom. The van der Waals surface area contributed by atoms with Crippen LogP contribution in [0.5, 0.6) is 0 Å². The van der Waals surface area contributed by atoms with Crippen LogP contribution in [0.25, 0.3) is 0 Å². The van der Waals surface area contributed by atoms with Gasteiger partial charge < -0.3 is 28.8 Å². The molecule has 76 heavy (non-hydrogen) atoms. The number of hydrogen-bond acceptors (Lipinski definition) is 6. The third-order valence-electron chi connectivity index (χ3n) is 13.2. The lowest BCUT2D eigenvalue weighted by Crippen LogP contribution is -2.45. The minimum Gasteiger partial charge on any atom is -0.756 e. The third-order valence-corrected chi connectivity index (χ3v) is 14.1. The average Bonchev–Trinajstić information content (AvgIpc) is 3.38. The van der Waals surface area contributed by atoms with Crippen LogP contribution in [0.1, 0.15) is 245 Å². The van der Waals surface area contributed by atoms with Crippen molar-refractivity contribution in [3.63, 3.8) is 0 Å². The smallest absolute Gasteiger partial charge is 0.268 e. The van der Waals surface area contributed by atoms with Crippen LogP contribution in [0.2, 0.25) is 0 Å². The van der Waals surface area contributed by atoms with E-state index in [9.17, 15) is 19.4 Å². The van der Waals surface area contributed by atoms with Crippen LogP contribution >= 0.6 is 7.82 Å². The second-order valence-electron chi connectivity index (χ2n) is 21.7. The van der Waals surface area contributed by atoms with Gasteiger partial charge in [0, 0.05) is 6.42 Å². The van der Waals surface area contributed by atoms with Crippen LogP contribution in [0, 0.1) is 0 Å². The van der Waals surface area contributed by atoms with Gasteiger partial charge in [-0.2, -0.15) is 0 Å². The Morgan fingerprint density at radius 1 is 0.474 bits per heavy atom. The van der Waals surface area contributed by atoms with Crippen LogP contribution < -0.4 is 10.2 Å². The van der Waals surface area contributed by atoms with Crippen molar-refractivity contribution in [3.05, 3.63) is 122 Å². The predicted molar refractivity (Wildman–Crippen MR) is 329 cm³/mol. The molecule has 1 amide bonds. The van der Waals surface area contributed by atoms with Crippen molar-refractivity contribution in [1.82, 2.24) is 5.32 Å². The number of allylic oxidation sites excluding steroid dienone is 19. The molecule has 0 aliphatic rings. The molecular weight excluding hydrogens is 960 g/mol. The van der Waals surface area contributed by atoms with E-state index in [2.05, 4.69) is 129 Å². The fourth-order valence-corrected chi connectivity index (χ4v) is 9.08. The number of carbonyl (C=O) groups excluding carboxylic acids is 1. The van der Waals surface area contributed by atoms with Crippen LogP contribution in [-0.4, -0.2) is 68.5 Å². The Kier molecular flexibility index (Phi) is 54.3. The fourth-order valence-electron chi connectivity index (χ4n) is 8.36. The lowest BCUT2D eigenvalue weighted by atomic mass is 10.0. The summed E-state index contributed by atoms with van der Waals surface area (Å²) in [5.41, 5.74) is 0. The first-order valence-electron chi connectivity index (χ1n) is 30.9. The molecule has 2 N–H and O–H groups in total. The summed E-state index contributed by atoms with van der Waals surface area (Å²) >= 11 is 0. The quantitative estimate of drug-likeness (QED) is 0.0272. The van der Waals surface area contributed by atoms with Crippen molar-refractivity contribution in [2.75, 3.05) is 40.9 Å². The molecule has 0 aliphatic carbocycles. The van der Waals surface area contributed by atoms with Crippen molar-refractivity contribution < 1.29 is 32.9 Å². The first-order chi connectivity index (χ1) is 37.0. The van der Waals surface area contributed by atoms with Crippen LogP contribution in [0.15, 0.2) is 122 Å². The van der Waals surface area contributed by atoms with Crippen LogP contribution in [-0.2, 0) is 18.4 Å². The molecule has 0 spiro atoms. The zero-order chi connectivity index (χ0) is 55.6. The normalized spacial score (nSPS) is 14.7. The molecule has 0 heterocycles. The van der Waals surface area contributed by atoms with E-state index in [1.165, 1.54) is 135 Å². The summed E-state index contributed by atoms with van der Waals surface area (Å²) in [6, 6.07) is -0.938. The number of nitrogens with zero attached hydrogens (tertiary/aromatic N) is 1. The highest BCUT2D eigenvalue weighted by molar-refractivity contribution is 7.45. The molecule has 9 heteroatoms. The number of hydrogen-bond donors (Lipinski definition) is 2. The number of rotatable bonds is 55. The van der Waals surface area contributed by atoms with E-state index >= 15 is 0 Å². The summed E-state index contributed by atoms with van der Waals surface area (Å²) in [5, 5.41) is 13.9. The van der Waals surface area contributed by atoms with Gasteiger partial charge >= 0.3 is 0 Å². The molecule has 8 nitrogen and oxygen atoms in total. The Hall–Kier alpha value is -3.10. The highest BCUT2D eigenvalue weighted by atomic mass is 31.2. The van der Waals surface area contributed by atoms with E-state index in [0.717, 1.165) is 83.5 Å². The molecule has 0 saturated carbocycles. The minimum absolute atomic E-state index is 0.0219. The molecule has 0 rings (SSSR count). The summed E-state index contributed by atoms with van der Waals surface area (Å²) in [6.07, 6.45) is 84.4. The Morgan fingerprint density at radius 3 is 1.22 bits per heavy atom. The number of aliphatic hydroxyl groups is 1. The van der Waals surface area contributed by atoms with Gasteiger partial charge in [-0.3, -0.25) is 9.36 Å². The fraction of sp³-hybridized carbons (Fsp3) is 0.687. The number of quaternary nitrogens is 1. The lowest BCUT2D eigenvalue weighted by molar-refractivity contribution is -0.870. The maximum atomic E-state index is 13.0. The Labute approximate surface area is 469 Å². The number of likely N-dealkylation sites (N-methyl/N-ethyl adjacent to an activating group) is 1. The molecule has 0 fully saturated rings. The molecule has 0 aromatic carbocycles. The number of phosphoric acid groups is 1. The first kappa shape index (κ1) is 72.9. The van der Waals surface area contributed by atoms with Gasteiger partial charge in [-0.25, -0.2) is 0 Å². The van der Waals surface area contributed by atoms with Crippen LogP contribution in [0.4, 0.5) is 0 Å². The zero-order valence-electron chi connectivity index (χ0n) is 49.7. The number of unbranched alkanes of at least 4 members (excludes halogenated alkanes) is 24. The van der Waals surface area contributed by atoms with E-state index in [0.29, 0.717) is 17.4 Å². The van der Waals surface area contributed by atoms with Gasteiger partial charge in [-0.05, 0) is 96.3 Å². The number of amides is 1. The summed E-state index contributed by atoms with van der Waals surface area (Å²) in [7, 11) is 1.20. The van der Waals surface area contributed by atoms with Gasteiger partial charge in [-0.15, -0.1) is 0 Å². The largest absolute Gasteiger partial charge is 0.756 e. The van der Waals surface area contributed by atoms with Crippen molar-refractivity contribution in [3.8, 4) is 0 Å². The Bertz CT molecular complexity index is 1650. The Balaban J connectivity index is 4.34. The SMILES string of the molecule is CC/C=C\C/C=C\C/C=C\C/C=C\C/C=C\C/C=C\C/C=C\C/C=C\CCCCC(=O)NC(COP(=O)([O-])OCC[N+](C)(C)C)C(O)/C=C/CC/C=C/CCCCCCCCCCCCCCCCCCCCCCC. The average molecular weight is 1080 g/mol. The number of carbonyl (C=O) groups is 1. The molecule has 0 aliphatic heterocycles. The maximum Gasteiger partial charge on any atom is 0.268 e. The van der Waals surface area contributed by atoms with Crippen molar-refractivity contribution in [1.29, 1.82) is 0 Å². The van der Waals surface area contributed by atoms with E-state index in [4.69, 9.17) is 9.05 Å². The second-order valence-corrected chi connectivity index (χ2v) is 23.1. The first-order valence-corrected chi connectivity index (χ1v) is 32.4. The van der Waals surface area contributed by atoms with Gasteiger partial charge in [0.25, 0.3) is 7.82 Å². The highest BCUT2D eigenvalue weighted by Crippen LogP contribution is 2.38. The van der Waals surface area contributed by atoms with Gasteiger partial charge in [0.1, 0.15) is 13.2 Å². The molecular formula is C67H117N2O6P. The van der Waals surface area contributed by atoms with Gasteiger partial charge in [0.15, 0.2) is 0 Å². The maximum absolute atomic E-state index is 13.0. The lowest BCUT2D eigenvalue weighted by Gasteiger charge is -2.29. The summed E-state index contributed by atoms with van der Waals surface area (Å²) in [5.74, 6) is -0.253. The number of nitrogens with one attached hydrogen (secondary N) is 1. The van der Waals surface area contributed by atoms with Crippen molar-refractivity contribution in [2.24, 2.45) is 0 Å². The van der Waals surface area contributed by atoms with E-state index in [1.807, 2.05) is 27.2 Å². The van der Waals surface area contributed by atoms with Crippen molar-refractivity contribution >= 4 is 13.7 Å². The molecule has 3 atom stereocenters. The number of phosphoric ester groups is 1. The molecule has 3 unspecified atom stereocenters. The summed E-state index contributed by atoms with van der Waals surface area (Å²) in [6.45, 7) is 4.48. The molecule has 0 aromatic heterocycles. The van der Waals surface area contributed by atoms with E-state index in [1.54, 1.807) is 6.08 Å². The van der Waals surface area contributed by atoms with E-state index < -0.39 is 26.6 Å². The summed E-state index contributed by atoms with van der Waals surface area (Å²) in [4.78, 5) is 25.5. The molecule has 0 aromatic rings. The van der Waals surface area contributed by atoms with Gasteiger partial charge in [0.05, 0.1) is 39.9 Å². The van der Waals surface area contributed by atoms with Crippen LogP contribution in [0.3, 0.4) is 0 Å². The molecule has 0 saturated heterocycles. The monoisotopic (exact) mass is 1080 g/mol. The van der Waals surface area contributed by atoms with Gasteiger partial charge in [-0.1, -0.05) is 264 Å².